The summed E-state index contributed by atoms with van der Waals surface area (Å²) < 4.78 is 0. The molecule has 8 N–H and O–H groups in total. The first-order valence-corrected chi connectivity index (χ1v) is 12.9. The third-order valence-electron chi connectivity index (χ3n) is 6.42. The number of hydrogen-bond acceptors (Lipinski definition) is 6. The fourth-order valence-electron chi connectivity index (χ4n) is 3.85. The van der Waals surface area contributed by atoms with Crippen LogP contribution in [0.1, 0.15) is 50.7 Å². The van der Waals surface area contributed by atoms with Crippen molar-refractivity contribution in [2.45, 2.75) is 70.6 Å². The van der Waals surface area contributed by atoms with Crippen molar-refractivity contribution >= 4 is 42.5 Å². The van der Waals surface area contributed by atoms with Crippen LogP contribution in [0.2, 0.25) is 0 Å². The molecule has 0 radical (unpaired) electrons. The quantitative estimate of drug-likeness (QED) is 0.177. The molecule has 4 atom stereocenters. The van der Waals surface area contributed by atoms with Gasteiger partial charge in [-0.3, -0.25) is 14.4 Å². The summed E-state index contributed by atoms with van der Waals surface area (Å²) in [5, 5.41) is 18.1. The van der Waals surface area contributed by atoms with Crippen molar-refractivity contribution in [3.63, 3.8) is 0 Å². The highest BCUT2D eigenvalue weighted by Gasteiger charge is 2.30. The molecule has 0 spiro atoms. The van der Waals surface area contributed by atoms with Gasteiger partial charge in [0.05, 0.1) is 6.04 Å². The van der Waals surface area contributed by atoms with Gasteiger partial charge in [0.1, 0.15) is 17.8 Å². The molecule has 0 heterocycles. The lowest BCUT2D eigenvalue weighted by Gasteiger charge is -2.27. The van der Waals surface area contributed by atoms with Crippen molar-refractivity contribution < 1.29 is 19.5 Å². The normalized spacial score (nSPS) is 13.4. The van der Waals surface area contributed by atoms with Crippen molar-refractivity contribution in [3.05, 3.63) is 65.7 Å². The Kier molecular flexibility index (Phi) is 17.8. The monoisotopic (exact) mass is 583 g/mol. The van der Waals surface area contributed by atoms with Crippen molar-refractivity contribution in [2.75, 3.05) is 6.54 Å². The molecular weight excluding hydrogens is 541 g/mol. The maximum absolute atomic E-state index is 13.4. The molecule has 3 amide bonds. The Morgan fingerprint density at radius 3 is 2.10 bits per heavy atom. The number of aromatic hydroxyl groups is 1. The molecular formula is C28H43Cl2N5O4. The molecule has 2 aromatic rings. The minimum atomic E-state index is -0.953. The molecule has 11 heteroatoms. The molecule has 1 unspecified atom stereocenters. The van der Waals surface area contributed by atoms with Gasteiger partial charge >= 0.3 is 0 Å². The van der Waals surface area contributed by atoms with Gasteiger partial charge in [-0.1, -0.05) is 69.2 Å². The van der Waals surface area contributed by atoms with Gasteiger partial charge in [0.25, 0.3) is 0 Å². The highest BCUT2D eigenvalue weighted by atomic mass is 35.5. The molecule has 39 heavy (non-hydrogen) atoms. The third-order valence-corrected chi connectivity index (χ3v) is 6.42. The number of unbranched alkanes of at least 4 members (excludes halogenated alkanes) is 1. The van der Waals surface area contributed by atoms with E-state index in [2.05, 4.69) is 16.0 Å². The van der Waals surface area contributed by atoms with Crippen LogP contribution in [0, 0.1) is 5.92 Å². The number of rotatable bonds is 15. The van der Waals surface area contributed by atoms with E-state index in [4.69, 9.17) is 11.5 Å². The van der Waals surface area contributed by atoms with E-state index < -0.39 is 29.9 Å². The van der Waals surface area contributed by atoms with E-state index >= 15 is 0 Å². The maximum Gasteiger partial charge on any atom is 0.243 e. The minimum Gasteiger partial charge on any atom is -0.508 e. The standard InChI is InChI=1S/C28H41N5O4.2ClH/c1-3-19(2)25(28(37)31-18-21-9-5-4-6-10-21)33-27(36)24(17-20-12-14-22(34)15-13-20)32-26(35)23(30)11-7-8-16-29;;/h4-6,9-10,12-15,19,23-25,34H,3,7-8,11,16-18,29-30H2,1-2H3,(H,31,37)(H,32,35)(H,33,36);2*1H/t19?,23-,24-,25-;;/m0../s1. The molecule has 0 bridgehead atoms. The zero-order chi connectivity index (χ0) is 27.2. The predicted molar refractivity (Wildman–Crippen MR) is 159 cm³/mol. The van der Waals surface area contributed by atoms with Gasteiger partial charge in [0.2, 0.25) is 17.7 Å². The number of phenolic OH excluding ortho intramolecular Hbond substituents is 1. The lowest BCUT2D eigenvalue weighted by Crippen LogP contribution is -2.57. The average Bonchev–Trinajstić information content (AvgIpc) is 2.91. The molecule has 2 aromatic carbocycles. The number of nitrogens with one attached hydrogen (secondary N) is 3. The van der Waals surface area contributed by atoms with Crippen LogP contribution < -0.4 is 27.4 Å². The van der Waals surface area contributed by atoms with Gasteiger partial charge in [-0.15, -0.1) is 24.8 Å². The van der Waals surface area contributed by atoms with E-state index in [1.54, 1.807) is 12.1 Å². The van der Waals surface area contributed by atoms with Crippen molar-refractivity contribution in [2.24, 2.45) is 17.4 Å². The van der Waals surface area contributed by atoms with E-state index in [9.17, 15) is 19.5 Å². The van der Waals surface area contributed by atoms with Gasteiger partial charge in [-0.05, 0) is 48.6 Å². The first-order chi connectivity index (χ1) is 17.7. The van der Waals surface area contributed by atoms with E-state index in [0.29, 0.717) is 32.4 Å². The SMILES string of the molecule is CCC(C)[C@H](NC(=O)[C@H](Cc1ccc(O)cc1)NC(=O)[C@@H](N)CCCCN)C(=O)NCc1ccccc1.Cl.Cl. The molecule has 2 rings (SSSR count). The summed E-state index contributed by atoms with van der Waals surface area (Å²) in [5.41, 5.74) is 13.3. The summed E-state index contributed by atoms with van der Waals surface area (Å²) in [6.45, 7) is 4.70. The maximum atomic E-state index is 13.4. The fourth-order valence-corrected chi connectivity index (χ4v) is 3.85. The third kappa shape index (κ3) is 12.7. The molecule has 0 aliphatic carbocycles. The Morgan fingerprint density at radius 1 is 0.872 bits per heavy atom. The van der Waals surface area contributed by atoms with E-state index in [1.807, 2.05) is 44.2 Å². The van der Waals surface area contributed by atoms with Gasteiger partial charge in [-0.25, -0.2) is 0 Å². The van der Waals surface area contributed by atoms with Crippen LogP contribution in [0.5, 0.6) is 5.75 Å². The molecule has 9 nitrogen and oxygen atoms in total. The molecule has 0 saturated heterocycles. The number of halogens is 2. The van der Waals surface area contributed by atoms with Crippen LogP contribution in [0.25, 0.3) is 0 Å². The van der Waals surface area contributed by atoms with Crippen LogP contribution in [0.3, 0.4) is 0 Å². The summed E-state index contributed by atoms with van der Waals surface area (Å²) in [6, 6.07) is 13.4. The molecule has 0 saturated carbocycles. The fraction of sp³-hybridized carbons (Fsp3) is 0.464. The van der Waals surface area contributed by atoms with Crippen molar-refractivity contribution in [3.8, 4) is 5.75 Å². The summed E-state index contributed by atoms with van der Waals surface area (Å²) in [5.74, 6) is -1.24. The van der Waals surface area contributed by atoms with Gasteiger partial charge in [0, 0.05) is 13.0 Å². The van der Waals surface area contributed by atoms with Crippen LogP contribution in [-0.4, -0.2) is 47.5 Å². The number of carbonyl (C=O) groups excluding carboxylic acids is 3. The van der Waals surface area contributed by atoms with Gasteiger partial charge < -0.3 is 32.5 Å². The minimum absolute atomic E-state index is 0. The largest absolute Gasteiger partial charge is 0.508 e. The second-order valence-corrected chi connectivity index (χ2v) is 9.40. The first kappa shape index (κ1) is 36.1. The Labute approximate surface area is 243 Å². The molecule has 0 aliphatic rings. The van der Waals surface area contributed by atoms with Gasteiger partial charge in [0.15, 0.2) is 0 Å². The first-order valence-electron chi connectivity index (χ1n) is 12.9. The molecule has 0 aliphatic heterocycles. The Bertz CT molecular complexity index is 995. The zero-order valence-electron chi connectivity index (χ0n) is 22.6. The molecule has 218 valence electrons. The van der Waals surface area contributed by atoms with Crippen molar-refractivity contribution in [1.29, 1.82) is 0 Å². The summed E-state index contributed by atoms with van der Waals surface area (Å²) in [6.07, 6.45) is 2.76. The predicted octanol–water partition coefficient (Wildman–Crippen LogP) is 2.57. The van der Waals surface area contributed by atoms with E-state index in [0.717, 1.165) is 17.5 Å². The lowest BCUT2D eigenvalue weighted by atomic mass is 9.97. The Morgan fingerprint density at radius 2 is 1.51 bits per heavy atom. The number of carbonyl (C=O) groups is 3. The zero-order valence-corrected chi connectivity index (χ0v) is 24.2. The second-order valence-electron chi connectivity index (χ2n) is 9.40. The number of hydrogen-bond donors (Lipinski definition) is 6. The summed E-state index contributed by atoms with van der Waals surface area (Å²) in [7, 11) is 0. The number of phenols is 1. The number of amides is 3. The second kappa shape index (κ2) is 19.2. The van der Waals surface area contributed by atoms with Crippen LogP contribution in [0.4, 0.5) is 0 Å². The highest BCUT2D eigenvalue weighted by molar-refractivity contribution is 5.93. The van der Waals surface area contributed by atoms with Crippen molar-refractivity contribution in [1.82, 2.24) is 16.0 Å². The van der Waals surface area contributed by atoms with Crippen LogP contribution in [0.15, 0.2) is 54.6 Å². The number of nitrogens with two attached hydrogens (primary N) is 2. The van der Waals surface area contributed by atoms with Gasteiger partial charge in [-0.2, -0.15) is 0 Å². The summed E-state index contributed by atoms with van der Waals surface area (Å²) in [4.78, 5) is 39.3. The average molecular weight is 585 g/mol. The Hall–Kier alpha value is -2.85. The summed E-state index contributed by atoms with van der Waals surface area (Å²) >= 11 is 0. The molecule has 0 fully saturated rings. The van der Waals surface area contributed by atoms with Crippen LogP contribution in [-0.2, 0) is 27.3 Å². The number of benzene rings is 2. The van der Waals surface area contributed by atoms with E-state index in [1.165, 1.54) is 12.1 Å². The molecule has 0 aromatic heterocycles. The topological polar surface area (TPSA) is 160 Å². The Balaban J connectivity index is 0.00000722. The smallest absolute Gasteiger partial charge is 0.243 e. The lowest BCUT2D eigenvalue weighted by molar-refractivity contribution is -0.133. The van der Waals surface area contributed by atoms with E-state index in [-0.39, 0.29) is 48.8 Å². The highest BCUT2D eigenvalue weighted by Crippen LogP contribution is 2.13. The van der Waals surface area contributed by atoms with Crippen LogP contribution >= 0.6 is 24.8 Å².